The zero-order valence-electron chi connectivity index (χ0n) is 11.8. The number of urea groups is 1. The Kier molecular flexibility index (Phi) is 5.57. The fourth-order valence-electron chi connectivity index (χ4n) is 2.30. The summed E-state index contributed by atoms with van der Waals surface area (Å²) in [6.07, 6.45) is 2.28. The number of carboxylic acid groups (broad SMARTS) is 1. The van der Waals surface area contributed by atoms with Gasteiger partial charge in [0.25, 0.3) is 0 Å². The third kappa shape index (κ3) is 5.07. The zero-order chi connectivity index (χ0) is 15.1. The van der Waals surface area contributed by atoms with Gasteiger partial charge in [0.1, 0.15) is 0 Å². The van der Waals surface area contributed by atoms with Crippen molar-refractivity contribution in [2.75, 3.05) is 18.5 Å². The van der Waals surface area contributed by atoms with Crippen molar-refractivity contribution in [1.29, 1.82) is 0 Å². The first-order chi connectivity index (χ1) is 10.1. The summed E-state index contributed by atoms with van der Waals surface area (Å²) in [4.78, 5) is 22.6. The number of aliphatic carboxylic acids is 1. The van der Waals surface area contributed by atoms with E-state index >= 15 is 0 Å². The van der Waals surface area contributed by atoms with E-state index in [4.69, 9.17) is 9.84 Å². The van der Waals surface area contributed by atoms with Gasteiger partial charge in [0.05, 0.1) is 12.6 Å². The van der Waals surface area contributed by atoms with Gasteiger partial charge in [-0.05, 0) is 30.9 Å². The summed E-state index contributed by atoms with van der Waals surface area (Å²) in [5.41, 5.74) is 1.46. The third-order valence-corrected chi connectivity index (χ3v) is 3.37. The van der Waals surface area contributed by atoms with Crippen LogP contribution in [0.5, 0.6) is 0 Å². The number of amides is 2. The van der Waals surface area contributed by atoms with Crippen molar-refractivity contribution in [3.8, 4) is 0 Å². The molecule has 0 radical (unpaired) electrons. The minimum atomic E-state index is -0.853. The van der Waals surface area contributed by atoms with Crippen LogP contribution in [0.25, 0.3) is 0 Å². The van der Waals surface area contributed by atoms with E-state index in [-0.39, 0.29) is 18.5 Å². The molecule has 0 aromatic heterocycles. The maximum Gasteiger partial charge on any atom is 0.319 e. The van der Waals surface area contributed by atoms with Gasteiger partial charge in [0, 0.05) is 18.7 Å². The Hall–Kier alpha value is -2.08. The van der Waals surface area contributed by atoms with E-state index in [2.05, 4.69) is 10.6 Å². The molecule has 6 heteroatoms. The Labute approximate surface area is 123 Å². The third-order valence-electron chi connectivity index (χ3n) is 3.37. The number of ether oxygens (including phenoxy) is 1. The monoisotopic (exact) mass is 292 g/mol. The number of carbonyl (C=O) groups excluding carboxylic acids is 1. The smallest absolute Gasteiger partial charge is 0.319 e. The number of hydrogen-bond donors (Lipinski definition) is 3. The maximum atomic E-state index is 12.0. The molecule has 1 aromatic rings. The van der Waals surface area contributed by atoms with E-state index in [0.717, 1.165) is 25.0 Å². The molecule has 0 aliphatic carbocycles. The molecule has 1 fully saturated rings. The number of nitrogens with one attached hydrogen (secondary N) is 2. The molecule has 1 unspecified atom stereocenters. The quantitative estimate of drug-likeness (QED) is 0.774. The molecule has 1 aliphatic rings. The van der Waals surface area contributed by atoms with Crippen LogP contribution in [0.3, 0.4) is 0 Å². The van der Waals surface area contributed by atoms with Crippen LogP contribution in [0.2, 0.25) is 0 Å². The first kappa shape index (κ1) is 15.3. The van der Waals surface area contributed by atoms with Crippen molar-refractivity contribution in [3.63, 3.8) is 0 Å². The minimum Gasteiger partial charge on any atom is -0.481 e. The molecule has 1 saturated heterocycles. The lowest BCUT2D eigenvalue weighted by Crippen LogP contribution is -2.42. The molecule has 0 spiro atoms. The van der Waals surface area contributed by atoms with Crippen molar-refractivity contribution >= 4 is 17.7 Å². The van der Waals surface area contributed by atoms with Gasteiger partial charge >= 0.3 is 12.0 Å². The highest BCUT2D eigenvalue weighted by Gasteiger charge is 2.16. The standard InChI is InChI=1S/C15H20N2O4/c18-14(19)8-7-11-4-1-2-6-13(11)17-15(20)16-12-5-3-9-21-10-12/h1-2,4,6,12H,3,5,7-10H2,(H,18,19)(H2,16,17,20). The lowest BCUT2D eigenvalue weighted by Gasteiger charge is -2.23. The van der Waals surface area contributed by atoms with Crippen LogP contribution in [0.15, 0.2) is 24.3 Å². The van der Waals surface area contributed by atoms with Gasteiger partial charge in [-0.3, -0.25) is 4.79 Å². The van der Waals surface area contributed by atoms with Crippen LogP contribution in [0.4, 0.5) is 10.5 Å². The molecule has 2 rings (SSSR count). The van der Waals surface area contributed by atoms with E-state index < -0.39 is 5.97 Å². The van der Waals surface area contributed by atoms with E-state index in [1.165, 1.54) is 0 Å². The molecule has 0 saturated carbocycles. The Morgan fingerprint density at radius 1 is 1.33 bits per heavy atom. The molecular weight excluding hydrogens is 272 g/mol. The van der Waals surface area contributed by atoms with E-state index in [1.54, 1.807) is 6.07 Å². The average Bonchev–Trinajstić information content (AvgIpc) is 2.47. The topological polar surface area (TPSA) is 87.7 Å². The highest BCUT2D eigenvalue weighted by atomic mass is 16.5. The van der Waals surface area contributed by atoms with Gasteiger partial charge in [-0.25, -0.2) is 4.79 Å². The molecule has 114 valence electrons. The van der Waals surface area contributed by atoms with Crippen LogP contribution >= 0.6 is 0 Å². The molecule has 0 bridgehead atoms. The van der Waals surface area contributed by atoms with Crippen molar-refractivity contribution in [3.05, 3.63) is 29.8 Å². The van der Waals surface area contributed by atoms with Crippen LogP contribution in [0.1, 0.15) is 24.8 Å². The Morgan fingerprint density at radius 2 is 2.14 bits per heavy atom. The maximum absolute atomic E-state index is 12.0. The van der Waals surface area contributed by atoms with Gasteiger partial charge < -0.3 is 20.5 Å². The van der Waals surface area contributed by atoms with E-state index in [1.807, 2.05) is 18.2 Å². The molecular formula is C15H20N2O4. The molecule has 2 amide bonds. The van der Waals surface area contributed by atoms with Gasteiger partial charge in [-0.15, -0.1) is 0 Å². The SMILES string of the molecule is O=C(O)CCc1ccccc1NC(=O)NC1CCCOC1. The van der Waals surface area contributed by atoms with Crippen molar-refractivity contribution in [1.82, 2.24) is 5.32 Å². The van der Waals surface area contributed by atoms with Crippen molar-refractivity contribution in [2.24, 2.45) is 0 Å². The first-order valence-corrected chi connectivity index (χ1v) is 7.10. The molecule has 3 N–H and O–H groups in total. The van der Waals surface area contributed by atoms with Gasteiger partial charge in [0.2, 0.25) is 0 Å². The molecule has 1 heterocycles. The second-order valence-corrected chi connectivity index (χ2v) is 5.06. The van der Waals surface area contributed by atoms with Crippen molar-refractivity contribution < 1.29 is 19.4 Å². The highest BCUT2D eigenvalue weighted by molar-refractivity contribution is 5.90. The fraction of sp³-hybridized carbons (Fsp3) is 0.467. The lowest BCUT2D eigenvalue weighted by atomic mass is 10.1. The minimum absolute atomic E-state index is 0.0323. The number of aryl methyl sites for hydroxylation is 1. The van der Waals surface area contributed by atoms with Gasteiger partial charge in [-0.2, -0.15) is 0 Å². The fourth-order valence-corrected chi connectivity index (χ4v) is 2.30. The second kappa shape index (κ2) is 7.64. The number of rotatable bonds is 5. The number of para-hydroxylation sites is 1. The highest BCUT2D eigenvalue weighted by Crippen LogP contribution is 2.17. The molecule has 21 heavy (non-hydrogen) atoms. The largest absolute Gasteiger partial charge is 0.481 e. The lowest BCUT2D eigenvalue weighted by molar-refractivity contribution is -0.136. The number of anilines is 1. The Morgan fingerprint density at radius 3 is 2.86 bits per heavy atom. The Balaban J connectivity index is 1.91. The number of hydrogen-bond acceptors (Lipinski definition) is 3. The number of benzene rings is 1. The van der Waals surface area contributed by atoms with Crippen molar-refractivity contribution in [2.45, 2.75) is 31.7 Å². The van der Waals surface area contributed by atoms with E-state index in [9.17, 15) is 9.59 Å². The molecule has 6 nitrogen and oxygen atoms in total. The number of carbonyl (C=O) groups is 2. The Bertz CT molecular complexity index is 498. The summed E-state index contributed by atoms with van der Waals surface area (Å²) < 4.78 is 5.31. The summed E-state index contributed by atoms with van der Waals surface area (Å²) in [7, 11) is 0. The summed E-state index contributed by atoms with van der Waals surface area (Å²) in [5.74, 6) is -0.853. The number of carboxylic acids is 1. The van der Waals surface area contributed by atoms with Crippen LogP contribution in [0, 0.1) is 0 Å². The predicted molar refractivity (Wildman–Crippen MR) is 78.4 cm³/mol. The zero-order valence-corrected chi connectivity index (χ0v) is 11.8. The summed E-state index contributed by atoms with van der Waals surface area (Å²) in [6, 6.07) is 6.98. The summed E-state index contributed by atoms with van der Waals surface area (Å²) in [6.45, 7) is 1.28. The van der Waals surface area contributed by atoms with Gasteiger partial charge in [0.15, 0.2) is 0 Å². The average molecular weight is 292 g/mol. The molecule has 1 aliphatic heterocycles. The van der Waals surface area contributed by atoms with Crippen LogP contribution in [-0.4, -0.2) is 36.4 Å². The van der Waals surface area contributed by atoms with Crippen LogP contribution < -0.4 is 10.6 Å². The summed E-state index contributed by atoms with van der Waals surface area (Å²) in [5, 5.41) is 14.4. The second-order valence-electron chi connectivity index (χ2n) is 5.06. The molecule has 1 aromatic carbocycles. The van der Waals surface area contributed by atoms with Crippen LogP contribution in [-0.2, 0) is 16.0 Å². The van der Waals surface area contributed by atoms with Gasteiger partial charge in [-0.1, -0.05) is 18.2 Å². The molecule has 1 atom stereocenters. The summed E-state index contributed by atoms with van der Waals surface area (Å²) >= 11 is 0. The predicted octanol–water partition coefficient (Wildman–Crippen LogP) is 2.00. The van der Waals surface area contributed by atoms with E-state index in [0.29, 0.717) is 18.7 Å². The normalized spacial score (nSPS) is 18.0. The first-order valence-electron chi connectivity index (χ1n) is 7.10.